The Kier molecular flexibility index (Phi) is 5.69. The maximum atomic E-state index is 12.2. The molecule has 0 saturated heterocycles. The highest BCUT2D eigenvalue weighted by atomic mass is 16.2. The van der Waals surface area contributed by atoms with Gasteiger partial charge in [-0.05, 0) is 41.8 Å². The van der Waals surface area contributed by atoms with Gasteiger partial charge in [-0.15, -0.1) is 0 Å². The van der Waals surface area contributed by atoms with E-state index in [4.69, 9.17) is 0 Å². The van der Waals surface area contributed by atoms with Gasteiger partial charge < -0.3 is 10.6 Å². The summed E-state index contributed by atoms with van der Waals surface area (Å²) < 4.78 is 0. The largest absolute Gasteiger partial charge is 0.348 e. The minimum Gasteiger partial charge on any atom is -0.348 e. The molecule has 0 heterocycles. The second kappa shape index (κ2) is 7.94. The number of nitrogens with one attached hydrogen (secondary N) is 2. The molecule has 0 radical (unpaired) electrons. The predicted octanol–water partition coefficient (Wildman–Crippen LogP) is 2.73. The fraction of sp³-hybridized carbons (Fsp3) is 0.158. The zero-order chi connectivity index (χ0) is 16.7. The third kappa shape index (κ3) is 4.81. The molecule has 0 aromatic heterocycles. The summed E-state index contributed by atoms with van der Waals surface area (Å²) in [6.07, 6.45) is 1.23. The lowest BCUT2D eigenvalue weighted by Crippen LogP contribution is -2.23. The monoisotopic (exact) mass is 308 g/mol. The number of benzene rings is 2. The van der Waals surface area contributed by atoms with Gasteiger partial charge in [-0.2, -0.15) is 0 Å². The second-order valence-corrected chi connectivity index (χ2v) is 5.23. The molecule has 23 heavy (non-hydrogen) atoms. The molecule has 0 unspecified atom stereocenters. The van der Waals surface area contributed by atoms with Crippen LogP contribution in [0.1, 0.15) is 27.0 Å². The van der Waals surface area contributed by atoms with Crippen LogP contribution in [-0.2, 0) is 17.9 Å². The highest BCUT2D eigenvalue weighted by Gasteiger charge is 2.06. The summed E-state index contributed by atoms with van der Waals surface area (Å²) in [5.41, 5.74) is 3.78. The van der Waals surface area contributed by atoms with Crippen molar-refractivity contribution in [2.45, 2.75) is 20.0 Å². The lowest BCUT2D eigenvalue weighted by molar-refractivity contribution is -0.116. The predicted molar refractivity (Wildman–Crippen MR) is 90.8 cm³/mol. The molecule has 2 aromatic rings. The van der Waals surface area contributed by atoms with E-state index in [-0.39, 0.29) is 11.8 Å². The average Bonchev–Trinajstić information content (AvgIpc) is 2.59. The smallest absolute Gasteiger partial charge is 0.251 e. The Hall–Kier alpha value is -2.88. The van der Waals surface area contributed by atoms with Crippen LogP contribution in [0.5, 0.6) is 0 Å². The van der Waals surface area contributed by atoms with Crippen molar-refractivity contribution >= 4 is 11.8 Å². The van der Waals surface area contributed by atoms with E-state index >= 15 is 0 Å². The molecule has 4 nitrogen and oxygen atoms in total. The molecule has 0 aliphatic carbocycles. The maximum absolute atomic E-state index is 12.2. The average molecular weight is 308 g/mol. The Bertz CT molecular complexity index is 706. The van der Waals surface area contributed by atoms with Crippen LogP contribution >= 0.6 is 0 Å². The Balaban J connectivity index is 1.91. The summed E-state index contributed by atoms with van der Waals surface area (Å²) in [4.78, 5) is 23.3. The van der Waals surface area contributed by atoms with E-state index in [2.05, 4.69) is 17.2 Å². The van der Waals surface area contributed by atoms with Crippen LogP contribution in [-0.4, -0.2) is 11.8 Å². The third-order valence-corrected chi connectivity index (χ3v) is 3.57. The van der Waals surface area contributed by atoms with Crippen molar-refractivity contribution in [2.24, 2.45) is 0 Å². The Labute approximate surface area is 136 Å². The third-order valence-electron chi connectivity index (χ3n) is 3.57. The van der Waals surface area contributed by atoms with Crippen molar-refractivity contribution in [1.29, 1.82) is 0 Å². The molecule has 118 valence electrons. The summed E-state index contributed by atoms with van der Waals surface area (Å²) in [5.74, 6) is -0.333. The zero-order valence-electron chi connectivity index (χ0n) is 13.1. The van der Waals surface area contributed by atoms with Gasteiger partial charge in [0.2, 0.25) is 5.91 Å². The molecule has 0 fully saturated rings. The van der Waals surface area contributed by atoms with Crippen LogP contribution in [0.2, 0.25) is 0 Å². The topological polar surface area (TPSA) is 58.2 Å². The minimum atomic E-state index is -0.218. The minimum absolute atomic E-state index is 0.116. The first-order chi connectivity index (χ1) is 11.1. The van der Waals surface area contributed by atoms with Gasteiger partial charge in [0.05, 0.1) is 0 Å². The SMILES string of the molecule is C=CC(=O)NCc1ccc(C(=O)NCc2ccccc2C)cc1. The Morgan fingerprint density at radius 2 is 1.70 bits per heavy atom. The molecule has 2 rings (SSSR count). The number of rotatable bonds is 6. The molecule has 2 aromatic carbocycles. The number of hydrogen-bond acceptors (Lipinski definition) is 2. The van der Waals surface area contributed by atoms with Crippen LogP contribution in [0.15, 0.2) is 61.2 Å². The van der Waals surface area contributed by atoms with Crippen molar-refractivity contribution in [3.63, 3.8) is 0 Å². The second-order valence-electron chi connectivity index (χ2n) is 5.23. The molecule has 0 saturated carbocycles. The van der Waals surface area contributed by atoms with Gasteiger partial charge in [0, 0.05) is 18.7 Å². The number of carbonyl (C=O) groups is 2. The van der Waals surface area contributed by atoms with Gasteiger partial charge in [-0.25, -0.2) is 0 Å². The lowest BCUT2D eigenvalue weighted by Gasteiger charge is -2.08. The van der Waals surface area contributed by atoms with Gasteiger partial charge >= 0.3 is 0 Å². The standard InChI is InChI=1S/C19H20N2O2/c1-3-18(22)20-12-15-8-10-16(11-9-15)19(23)21-13-17-7-5-4-6-14(17)2/h3-11H,1,12-13H2,2H3,(H,20,22)(H,21,23). The first-order valence-electron chi connectivity index (χ1n) is 7.42. The summed E-state index contributed by atoms with van der Waals surface area (Å²) in [5, 5.41) is 5.61. The summed E-state index contributed by atoms with van der Waals surface area (Å²) >= 11 is 0. The van der Waals surface area contributed by atoms with Crippen molar-refractivity contribution in [3.05, 3.63) is 83.4 Å². The van der Waals surface area contributed by atoms with Gasteiger partial charge in [-0.1, -0.05) is 43.0 Å². The maximum Gasteiger partial charge on any atom is 0.251 e. The first kappa shape index (κ1) is 16.5. The normalized spacial score (nSPS) is 9.96. The molecule has 0 spiro atoms. The van der Waals surface area contributed by atoms with Crippen LogP contribution in [0.25, 0.3) is 0 Å². The van der Waals surface area contributed by atoms with Gasteiger partial charge in [-0.3, -0.25) is 9.59 Å². The highest BCUT2D eigenvalue weighted by Crippen LogP contribution is 2.08. The Morgan fingerprint density at radius 3 is 2.35 bits per heavy atom. The van der Waals surface area contributed by atoms with Crippen LogP contribution in [0, 0.1) is 6.92 Å². The summed E-state index contributed by atoms with van der Waals surface area (Å²) in [7, 11) is 0. The highest BCUT2D eigenvalue weighted by molar-refractivity contribution is 5.94. The number of amides is 2. The molecule has 4 heteroatoms. The molecule has 0 aliphatic rings. The van der Waals surface area contributed by atoms with E-state index in [0.29, 0.717) is 18.7 Å². The van der Waals surface area contributed by atoms with Crippen LogP contribution < -0.4 is 10.6 Å². The summed E-state index contributed by atoms with van der Waals surface area (Å²) in [6.45, 7) is 6.33. The number of aryl methyl sites for hydroxylation is 1. The zero-order valence-corrected chi connectivity index (χ0v) is 13.1. The molecular weight excluding hydrogens is 288 g/mol. The lowest BCUT2D eigenvalue weighted by atomic mass is 10.1. The molecular formula is C19H20N2O2. The van der Waals surface area contributed by atoms with Crippen LogP contribution in [0.4, 0.5) is 0 Å². The fourth-order valence-electron chi connectivity index (χ4n) is 2.12. The van der Waals surface area contributed by atoms with E-state index in [1.807, 2.05) is 43.3 Å². The van der Waals surface area contributed by atoms with Crippen molar-refractivity contribution in [2.75, 3.05) is 0 Å². The van der Waals surface area contributed by atoms with Gasteiger partial charge in [0.15, 0.2) is 0 Å². The summed E-state index contributed by atoms with van der Waals surface area (Å²) in [6, 6.07) is 15.1. The first-order valence-corrected chi connectivity index (χ1v) is 7.42. The number of carbonyl (C=O) groups excluding carboxylic acids is 2. The molecule has 0 bridgehead atoms. The van der Waals surface area contributed by atoms with Gasteiger partial charge in [0.1, 0.15) is 0 Å². The Morgan fingerprint density at radius 1 is 1.00 bits per heavy atom. The van der Waals surface area contributed by atoms with E-state index in [9.17, 15) is 9.59 Å². The van der Waals surface area contributed by atoms with E-state index < -0.39 is 0 Å². The van der Waals surface area contributed by atoms with E-state index in [1.165, 1.54) is 6.08 Å². The molecule has 2 amide bonds. The van der Waals surface area contributed by atoms with Gasteiger partial charge in [0.25, 0.3) is 5.91 Å². The molecule has 0 atom stereocenters. The molecule has 0 aliphatic heterocycles. The van der Waals surface area contributed by atoms with Crippen molar-refractivity contribution < 1.29 is 9.59 Å². The van der Waals surface area contributed by atoms with E-state index in [1.54, 1.807) is 12.1 Å². The molecule has 2 N–H and O–H groups in total. The van der Waals surface area contributed by atoms with Crippen molar-refractivity contribution in [1.82, 2.24) is 10.6 Å². The fourth-order valence-corrected chi connectivity index (χ4v) is 2.12. The van der Waals surface area contributed by atoms with Crippen molar-refractivity contribution in [3.8, 4) is 0 Å². The van der Waals surface area contributed by atoms with E-state index in [0.717, 1.165) is 16.7 Å². The number of hydrogen-bond donors (Lipinski definition) is 2. The quantitative estimate of drug-likeness (QED) is 0.806. The van der Waals surface area contributed by atoms with Crippen LogP contribution in [0.3, 0.4) is 0 Å².